The molecule has 0 spiro atoms. The summed E-state index contributed by atoms with van der Waals surface area (Å²) in [6, 6.07) is 33.0. The molecule has 3 aliphatic rings. The molecule has 5 aromatic rings. The van der Waals surface area contributed by atoms with Gasteiger partial charge in [-0.1, -0.05) is 72.1 Å². The quantitative estimate of drug-likeness (QED) is 0.184. The zero-order chi connectivity index (χ0) is 37.9. The van der Waals surface area contributed by atoms with E-state index in [0.29, 0.717) is 26.2 Å². The van der Waals surface area contributed by atoms with Crippen LogP contribution in [0.3, 0.4) is 0 Å². The van der Waals surface area contributed by atoms with E-state index in [1.165, 1.54) is 0 Å². The van der Waals surface area contributed by atoms with E-state index in [0.717, 1.165) is 69.4 Å². The fourth-order valence-electron chi connectivity index (χ4n) is 6.57. The monoisotopic (exact) mass is 901 g/mol. The van der Waals surface area contributed by atoms with Crippen LogP contribution >= 0.6 is 47.8 Å². The van der Waals surface area contributed by atoms with Crippen LogP contribution in [0.25, 0.3) is 0 Å². The summed E-state index contributed by atoms with van der Waals surface area (Å²) >= 11 is 10.3. The van der Waals surface area contributed by atoms with Crippen molar-refractivity contribution >= 4 is 65.5 Å². The first-order valence-corrected chi connectivity index (χ1v) is 19.3. The highest BCUT2D eigenvalue weighted by molar-refractivity contribution is 9.11. The average Bonchev–Trinajstić information content (AvgIpc) is 3.73. The minimum atomic E-state index is -0.323. The second-order valence-electron chi connectivity index (χ2n) is 13.3. The molecule has 0 aliphatic carbocycles. The third kappa shape index (κ3) is 8.53. The van der Waals surface area contributed by atoms with Crippen molar-refractivity contribution in [3.63, 3.8) is 0 Å². The first-order chi connectivity index (χ1) is 25.4. The van der Waals surface area contributed by atoms with Crippen LogP contribution < -0.4 is 14.8 Å². The van der Waals surface area contributed by atoms with Crippen molar-refractivity contribution in [2.75, 3.05) is 14.2 Å². The molecule has 0 fully saturated rings. The van der Waals surface area contributed by atoms with Gasteiger partial charge in [-0.05, 0) is 121 Å². The van der Waals surface area contributed by atoms with Gasteiger partial charge in [-0.25, -0.2) is 0 Å². The van der Waals surface area contributed by atoms with Crippen molar-refractivity contribution in [3.05, 3.63) is 161 Å². The topological polar surface area (TPSA) is 88.2 Å². The van der Waals surface area contributed by atoms with E-state index < -0.39 is 0 Å². The molecule has 0 atom stereocenters. The first kappa shape index (κ1) is 38.3. The molecule has 3 heterocycles. The van der Waals surface area contributed by atoms with Crippen LogP contribution in [0.15, 0.2) is 117 Å². The Morgan fingerprint density at radius 1 is 0.623 bits per heavy atom. The van der Waals surface area contributed by atoms with Gasteiger partial charge in [0.25, 0.3) is 17.7 Å². The molecule has 0 saturated heterocycles. The summed E-state index contributed by atoms with van der Waals surface area (Å²) in [7, 11) is 3.30. The van der Waals surface area contributed by atoms with Gasteiger partial charge in [-0.2, -0.15) is 0 Å². The van der Waals surface area contributed by atoms with Gasteiger partial charge in [0.1, 0.15) is 11.5 Å². The third-order valence-corrected chi connectivity index (χ3v) is 11.0. The molecule has 0 saturated carbocycles. The number of halogens is 3. The summed E-state index contributed by atoms with van der Waals surface area (Å²) in [5, 5.41) is 2.75. The summed E-state index contributed by atoms with van der Waals surface area (Å²) in [5.41, 5.74) is 7.50. The lowest BCUT2D eigenvalue weighted by molar-refractivity contribution is 0.0595. The molecule has 8 nitrogen and oxygen atoms in total. The van der Waals surface area contributed by atoms with Crippen LogP contribution in [0.1, 0.15) is 72.7 Å². The average molecular weight is 904 g/mol. The molecule has 8 rings (SSSR count). The number of rotatable bonds is 6. The molecule has 0 bridgehead atoms. The molecule has 53 heavy (non-hydrogen) atoms. The van der Waals surface area contributed by atoms with Crippen LogP contribution in [0, 0.1) is 0 Å². The number of benzene rings is 5. The maximum Gasteiger partial charge on any atom is 0.255 e. The molecule has 0 aromatic heterocycles. The predicted molar refractivity (Wildman–Crippen MR) is 216 cm³/mol. The number of amides is 3. The normalized spacial score (nSPS) is 14.7. The fourth-order valence-corrected chi connectivity index (χ4v) is 7.74. The smallest absolute Gasteiger partial charge is 0.255 e. The van der Waals surface area contributed by atoms with Gasteiger partial charge in [0.2, 0.25) is 0 Å². The number of nitrogens with zero attached hydrogens (tertiary/aromatic N) is 2. The van der Waals surface area contributed by atoms with Gasteiger partial charge in [0, 0.05) is 56.3 Å². The number of carbonyl (C=O) groups is 3. The van der Waals surface area contributed by atoms with Gasteiger partial charge in [0.15, 0.2) is 0 Å². The van der Waals surface area contributed by atoms with Crippen LogP contribution in [0.2, 0.25) is 0 Å². The van der Waals surface area contributed by atoms with E-state index in [4.69, 9.17) is 9.47 Å². The Bertz CT molecular complexity index is 2170. The fraction of sp³-hybridized carbons (Fsp3) is 0.214. The zero-order valence-corrected chi connectivity index (χ0v) is 34.5. The lowest BCUT2D eigenvalue weighted by Gasteiger charge is -2.32. The summed E-state index contributed by atoms with van der Waals surface area (Å²) in [4.78, 5) is 39.9. The van der Waals surface area contributed by atoms with Crippen molar-refractivity contribution in [3.8, 4) is 11.5 Å². The SMILES string of the molecule is COc1ccc(CN2C(=O)c3ccc(Br)cc3C2(C)C)cc1.COc1ccc(CN2Cc3cc(Br)ccc3C2=O)cc1.O=C1NCc2cc(Br)ccc21. The highest BCUT2D eigenvalue weighted by atomic mass is 79.9. The van der Waals surface area contributed by atoms with E-state index in [9.17, 15) is 14.4 Å². The summed E-state index contributed by atoms with van der Waals surface area (Å²) in [5.74, 6) is 1.87. The molecule has 3 aliphatic heterocycles. The Kier molecular flexibility index (Phi) is 11.8. The molecule has 5 aromatic carbocycles. The first-order valence-electron chi connectivity index (χ1n) is 16.9. The predicted octanol–water partition coefficient (Wildman–Crippen LogP) is 9.65. The van der Waals surface area contributed by atoms with E-state index >= 15 is 0 Å². The summed E-state index contributed by atoms with van der Waals surface area (Å²) in [6.07, 6.45) is 0. The molecule has 272 valence electrons. The van der Waals surface area contributed by atoms with Crippen molar-refractivity contribution < 1.29 is 23.9 Å². The molecular weight excluding hydrogens is 866 g/mol. The van der Waals surface area contributed by atoms with E-state index in [1.54, 1.807) is 14.2 Å². The lowest BCUT2D eigenvalue weighted by atomic mass is 9.93. The number of nitrogens with one attached hydrogen (secondary N) is 1. The number of carbonyl (C=O) groups excluding carboxylic acids is 3. The van der Waals surface area contributed by atoms with Gasteiger partial charge >= 0.3 is 0 Å². The lowest BCUT2D eigenvalue weighted by Crippen LogP contribution is -2.38. The largest absolute Gasteiger partial charge is 0.497 e. The van der Waals surface area contributed by atoms with E-state index in [1.807, 2.05) is 113 Å². The molecule has 1 N–H and O–H groups in total. The molecular formula is C42H38Br3N3O5. The van der Waals surface area contributed by atoms with Crippen LogP contribution in [0.5, 0.6) is 11.5 Å². The maximum atomic E-state index is 12.7. The number of ether oxygens (including phenoxy) is 2. The van der Waals surface area contributed by atoms with Crippen molar-refractivity contribution in [2.24, 2.45) is 0 Å². The Hall–Kier alpha value is -4.45. The van der Waals surface area contributed by atoms with Gasteiger partial charge in [0.05, 0.1) is 19.8 Å². The highest BCUT2D eigenvalue weighted by Gasteiger charge is 2.42. The van der Waals surface area contributed by atoms with Crippen molar-refractivity contribution in [2.45, 2.75) is 45.6 Å². The van der Waals surface area contributed by atoms with Gasteiger partial charge in [-0.3, -0.25) is 14.4 Å². The molecule has 0 radical (unpaired) electrons. The number of hydrogen-bond acceptors (Lipinski definition) is 5. The van der Waals surface area contributed by atoms with E-state index in [2.05, 4.69) is 67.0 Å². The Morgan fingerprint density at radius 3 is 1.72 bits per heavy atom. The minimum Gasteiger partial charge on any atom is -0.497 e. The molecule has 0 unspecified atom stereocenters. The summed E-state index contributed by atoms with van der Waals surface area (Å²) < 4.78 is 13.3. The number of fused-ring (bicyclic) bond motifs is 3. The standard InChI is InChI=1S/C18H18BrNO2.C16H14BrNO2.C8H6BrNO/c1-18(2)16-10-13(19)6-9-15(16)17(21)20(18)11-12-4-7-14(22-3)8-5-12;1-20-14-5-2-11(3-6-14)9-18-10-12-8-13(17)4-7-15(12)16(18)19;9-6-1-2-7-5(3-6)4-10-8(7)11/h4-10H,11H2,1-3H3;2-8H,9-10H2,1H3;1-3H,4H2,(H,10,11). The van der Waals surface area contributed by atoms with Gasteiger partial charge < -0.3 is 24.6 Å². The van der Waals surface area contributed by atoms with Crippen LogP contribution in [-0.4, -0.2) is 41.7 Å². The molecule has 11 heteroatoms. The number of hydrogen-bond donors (Lipinski definition) is 1. The Morgan fingerprint density at radius 2 is 1.13 bits per heavy atom. The van der Waals surface area contributed by atoms with Crippen LogP contribution in [-0.2, 0) is 31.7 Å². The van der Waals surface area contributed by atoms with Gasteiger partial charge in [-0.15, -0.1) is 0 Å². The second kappa shape index (κ2) is 16.3. The van der Waals surface area contributed by atoms with E-state index in [-0.39, 0.29) is 23.3 Å². The highest BCUT2D eigenvalue weighted by Crippen LogP contribution is 2.41. The van der Waals surface area contributed by atoms with Crippen molar-refractivity contribution in [1.82, 2.24) is 15.1 Å². The van der Waals surface area contributed by atoms with Crippen LogP contribution in [0.4, 0.5) is 0 Å². The third-order valence-electron chi connectivity index (χ3n) is 9.52. The maximum absolute atomic E-state index is 12.7. The molecule has 3 amide bonds. The second-order valence-corrected chi connectivity index (χ2v) is 16.0. The summed E-state index contributed by atoms with van der Waals surface area (Å²) in [6.45, 7) is 6.71. The van der Waals surface area contributed by atoms with Crippen molar-refractivity contribution in [1.29, 1.82) is 0 Å². The minimum absolute atomic E-state index is 0.0347. The Balaban J connectivity index is 0.000000143. The Labute approximate surface area is 334 Å². The number of methoxy groups -OCH3 is 2. The zero-order valence-electron chi connectivity index (χ0n) is 29.7.